The summed E-state index contributed by atoms with van der Waals surface area (Å²) in [6, 6.07) is 0. The molecule has 0 amide bonds. The van der Waals surface area contributed by atoms with Gasteiger partial charge in [-0.3, -0.25) is 0 Å². The zero-order valence-electron chi connectivity index (χ0n) is 6.23. The maximum atomic E-state index is 12.6. The van der Waals surface area contributed by atoms with E-state index in [9.17, 15) is 4.39 Å². The molecule has 0 radical (unpaired) electrons. The summed E-state index contributed by atoms with van der Waals surface area (Å²) >= 11 is 5.70. The number of nitrogens with zero attached hydrogens (tertiary/aromatic N) is 2. The molecule has 2 aromatic rings. The fourth-order valence-electron chi connectivity index (χ4n) is 1.11. The molecule has 0 bridgehead atoms. The van der Waals surface area contributed by atoms with Crippen LogP contribution in [-0.2, 0) is 0 Å². The predicted octanol–water partition coefficient (Wildman–Crippen LogP) is 2.06. The first kappa shape index (κ1) is 7.49. The number of aromatic nitrogens is 3. The molecular formula is C7H5ClFN3. The van der Waals surface area contributed by atoms with Gasteiger partial charge in [0.1, 0.15) is 10.8 Å². The number of fused-ring (bicyclic) bond motifs is 1. The minimum absolute atomic E-state index is 0.149. The Morgan fingerprint density at radius 1 is 1.50 bits per heavy atom. The molecule has 0 aliphatic rings. The number of nitrogens with one attached hydrogen (secondary N) is 1. The van der Waals surface area contributed by atoms with E-state index in [-0.39, 0.29) is 5.15 Å². The highest BCUT2D eigenvalue weighted by Crippen LogP contribution is 2.22. The van der Waals surface area contributed by atoms with Crippen molar-refractivity contribution in [2.75, 3.05) is 0 Å². The Bertz CT molecular complexity index is 437. The molecule has 0 unspecified atom stereocenters. The van der Waals surface area contributed by atoms with E-state index in [1.165, 1.54) is 0 Å². The molecule has 0 aliphatic heterocycles. The Kier molecular flexibility index (Phi) is 1.51. The number of halogens is 2. The average Bonchev–Trinajstić information content (AvgIpc) is 2.31. The first-order valence-corrected chi connectivity index (χ1v) is 3.73. The van der Waals surface area contributed by atoms with Gasteiger partial charge >= 0.3 is 6.08 Å². The summed E-state index contributed by atoms with van der Waals surface area (Å²) < 4.78 is 12.6. The normalized spacial score (nSPS) is 10.9. The third-order valence-electron chi connectivity index (χ3n) is 1.66. The third-order valence-corrected chi connectivity index (χ3v) is 1.93. The molecule has 0 atom stereocenters. The van der Waals surface area contributed by atoms with Crippen LogP contribution in [0.25, 0.3) is 11.0 Å². The number of aromatic amines is 1. The van der Waals surface area contributed by atoms with Crippen LogP contribution in [0, 0.1) is 13.0 Å². The van der Waals surface area contributed by atoms with Crippen LogP contribution >= 0.6 is 11.6 Å². The van der Waals surface area contributed by atoms with Gasteiger partial charge in [-0.25, -0.2) is 0 Å². The number of hydrogen-bond donors (Lipinski definition) is 1. The number of rotatable bonds is 0. The Hall–Kier alpha value is -1.16. The summed E-state index contributed by atoms with van der Waals surface area (Å²) in [6.45, 7) is 1.85. The Balaban J connectivity index is 2.93. The van der Waals surface area contributed by atoms with E-state index < -0.39 is 6.08 Å². The quantitative estimate of drug-likeness (QED) is 0.504. The molecule has 2 aromatic heterocycles. The van der Waals surface area contributed by atoms with Crippen molar-refractivity contribution in [1.29, 1.82) is 0 Å². The van der Waals surface area contributed by atoms with Gasteiger partial charge in [-0.15, -0.1) is 0 Å². The van der Waals surface area contributed by atoms with Gasteiger partial charge in [0.05, 0.1) is 5.39 Å². The van der Waals surface area contributed by atoms with Crippen LogP contribution in [0.2, 0.25) is 5.15 Å². The Labute approximate surface area is 72.6 Å². The fraction of sp³-hybridized carbons (Fsp3) is 0.143. The van der Waals surface area contributed by atoms with E-state index in [1.807, 2.05) is 6.92 Å². The minimum atomic E-state index is -0.811. The molecule has 62 valence electrons. The fourth-order valence-corrected chi connectivity index (χ4v) is 1.42. The van der Waals surface area contributed by atoms with E-state index in [2.05, 4.69) is 15.0 Å². The molecule has 0 saturated heterocycles. The zero-order chi connectivity index (χ0) is 8.72. The van der Waals surface area contributed by atoms with E-state index in [0.717, 1.165) is 5.56 Å². The lowest BCUT2D eigenvalue weighted by Crippen LogP contribution is -1.90. The maximum absolute atomic E-state index is 12.6. The van der Waals surface area contributed by atoms with Crippen LogP contribution in [0.4, 0.5) is 4.39 Å². The van der Waals surface area contributed by atoms with E-state index >= 15 is 0 Å². The number of aryl methyl sites for hydroxylation is 1. The van der Waals surface area contributed by atoms with Gasteiger partial charge in [0.15, 0.2) is 0 Å². The number of hydrogen-bond acceptors (Lipinski definition) is 2. The van der Waals surface area contributed by atoms with Crippen LogP contribution < -0.4 is 0 Å². The molecule has 3 nitrogen and oxygen atoms in total. The molecule has 5 heteroatoms. The summed E-state index contributed by atoms with van der Waals surface area (Å²) in [4.78, 5) is 9.74. The molecule has 0 fully saturated rings. The van der Waals surface area contributed by atoms with Crippen molar-refractivity contribution < 1.29 is 4.39 Å². The van der Waals surface area contributed by atoms with Crippen LogP contribution in [0.5, 0.6) is 0 Å². The van der Waals surface area contributed by atoms with Crippen molar-refractivity contribution in [1.82, 2.24) is 15.0 Å². The smallest absolute Gasteiger partial charge is 0.312 e. The molecular weight excluding hydrogens is 181 g/mol. The molecule has 2 rings (SSSR count). The molecule has 12 heavy (non-hydrogen) atoms. The van der Waals surface area contributed by atoms with Crippen molar-refractivity contribution >= 4 is 22.6 Å². The van der Waals surface area contributed by atoms with Gasteiger partial charge in [0, 0.05) is 6.20 Å². The van der Waals surface area contributed by atoms with Crippen LogP contribution in [0.1, 0.15) is 5.56 Å². The standard InChI is InChI=1S/C7H5ClFN3/c1-3-2-10-6-4(3)5(8)11-7(9)12-6/h2H,1H3,(H,10,11,12). The first-order chi connectivity index (χ1) is 5.68. The average molecular weight is 186 g/mol. The van der Waals surface area contributed by atoms with Crippen molar-refractivity contribution in [3.8, 4) is 0 Å². The summed E-state index contributed by atoms with van der Waals surface area (Å²) in [5.41, 5.74) is 1.35. The van der Waals surface area contributed by atoms with Crippen molar-refractivity contribution in [3.05, 3.63) is 23.0 Å². The van der Waals surface area contributed by atoms with Crippen LogP contribution in [-0.4, -0.2) is 15.0 Å². The minimum Gasteiger partial charge on any atom is -0.346 e. The summed E-state index contributed by atoms with van der Waals surface area (Å²) in [5, 5.41) is 0.828. The molecule has 0 aliphatic carbocycles. The molecule has 0 aromatic carbocycles. The first-order valence-electron chi connectivity index (χ1n) is 3.35. The highest BCUT2D eigenvalue weighted by Gasteiger charge is 2.08. The van der Waals surface area contributed by atoms with E-state index in [4.69, 9.17) is 11.6 Å². The molecule has 1 N–H and O–H groups in total. The largest absolute Gasteiger partial charge is 0.346 e. The highest BCUT2D eigenvalue weighted by molar-refractivity contribution is 6.34. The summed E-state index contributed by atoms with van der Waals surface area (Å²) in [7, 11) is 0. The lowest BCUT2D eigenvalue weighted by molar-refractivity contribution is 0.544. The van der Waals surface area contributed by atoms with Gasteiger partial charge < -0.3 is 4.98 Å². The second-order valence-electron chi connectivity index (χ2n) is 2.48. The molecule has 0 saturated carbocycles. The highest BCUT2D eigenvalue weighted by atomic mass is 35.5. The van der Waals surface area contributed by atoms with Crippen molar-refractivity contribution in [2.45, 2.75) is 6.92 Å². The zero-order valence-corrected chi connectivity index (χ0v) is 6.98. The molecule has 2 heterocycles. The van der Waals surface area contributed by atoms with Crippen LogP contribution in [0.15, 0.2) is 6.20 Å². The lowest BCUT2D eigenvalue weighted by atomic mass is 10.3. The SMILES string of the molecule is Cc1c[nH]c2nc(F)nc(Cl)c12. The molecule has 0 spiro atoms. The van der Waals surface area contributed by atoms with Crippen molar-refractivity contribution in [3.63, 3.8) is 0 Å². The second-order valence-corrected chi connectivity index (χ2v) is 2.84. The van der Waals surface area contributed by atoms with Gasteiger partial charge in [-0.1, -0.05) is 11.6 Å². The summed E-state index contributed by atoms with van der Waals surface area (Å²) in [5.74, 6) is 0. The second kappa shape index (κ2) is 2.42. The van der Waals surface area contributed by atoms with E-state index in [0.29, 0.717) is 11.0 Å². The van der Waals surface area contributed by atoms with Crippen molar-refractivity contribution in [2.24, 2.45) is 0 Å². The monoisotopic (exact) mass is 185 g/mol. The Morgan fingerprint density at radius 2 is 2.25 bits per heavy atom. The van der Waals surface area contributed by atoms with Gasteiger partial charge in [0.2, 0.25) is 0 Å². The third kappa shape index (κ3) is 0.956. The van der Waals surface area contributed by atoms with Gasteiger partial charge in [-0.05, 0) is 12.5 Å². The topological polar surface area (TPSA) is 41.6 Å². The Morgan fingerprint density at radius 3 is 3.00 bits per heavy atom. The maximum Gasteiger partial charge on any atom is 0.312 e. The van der Waals surface area contributed by atoms with Gasteiger partial charge in [0.25, 0.3) is 0 Å². The van der Waals surface area contributed by atoms with Gasteiger partial charge in [-0.2, -0.15) is 14.4 Å². The van der Waals surface area contributed by atoms with Crippen LogP contribution in [0.3, 0.4) is 0 Å². The summed E-state index contributed by atoms with van der Waals surface area (Å²) in [6.07, 6.45) is 0.902. The predicted molar refractivity (Wildman–Crippen MR) is 43.6 cm³/mol. The van der Waals surface area contributed by atoms with E-state index in [1.54, 1.807) is 6.20 Å². The lowest BCUT2D eigenvalue weighted by Gasteiger charge is -1.93. The number of H-pyrrole nitrogens is 1.